The highest BCUT2D eigenvalue weighted by molar-refractivity contribution is 5.94. The number of hydrogen-bond donors (Lipinski definition) is 0. The lowest BCUT2D eigenvalue weighted by Crippen LogP contribution is -2.14. The first kappa shape index (κ1) is 22.5. The van der Waals surface area contributed by atoms with Crippen molar-refractivity contribution in [1.82, 2.24) is 4.57 Å². The summed E-state index contributed by atoms with van der Waals surface area (Å²) in [5.74, 6) is 1.27. The van der Waals surface area contributed by atoms with Gasteiger partial charge in [-0.1, -0.05) is 0 Å². The third-order valence-electron chi connectivity index (χ3n) is 5.26. The normalized spacial score (nSPS) is 17.7. The number of fused-ring (bicyclic) bond motifs is 2. The van der Waals surface area contributed by atoms with Gasteiger partial charge in [0.1, 0.15) is 24.7 Å². The van der Waals surface area contributed by atoms with Gasteiger partial charge in [0.2, 0.25) is 0 Å². The lowest BCUT2D eigenvalue weighted by atomic mass is 10.1. The van der Waals surface area contributed by atoms with Gasteiger partial charge in [-0.3, -0.25) is 4.79 Å². The first-order valence-corrected chi connectivity index (χ1v) is 10.9. The number of ether oxygens (including phenoxy) is 6. The lowest BCUT2D eigenvalue weighted by molar-refractivity contribution is -0.00698. The van der Waals surface area contributed by atoms with Crippen LogP contribution >= 0.6 is 0 Å². The van der Waals surface area contributed by atoms with Gasteiger partial charge in [-0.15, -0.1) is 0 Å². The van der Waals surface area contributed by atoms with Crippen LogP contribution < -0.4 is 14.9 Å². The molecule has 0 radical (unpaired) electrons. The van der Waals surface area contributed by atoms with Crippen LogP contribution in [-0.4, -0.2) is 70.6 Å². The summed E-state index contributed by atoms with van der Waals surface area (Å²) >= 11 is 0. The molecule has 0 saturated carbocycles. The fraction of sp³-hybridized carbons (Fsp3) is 0.458. The highest BCUT2D eigenvalue weighted by Crippen LogP contribution is 2.25. The molecule has 8 heteroatoms. The van der Waals surface area contributed by atoms with Crippen LogP contribution in [0.3, 0.4) is 0 Å². The molecule has 0 N–H and O–H groups in total. The van der Waals surface area contributed by atoms with Crippen molar-refractivity contribution in [2.24, 2.45) is 7.05 Å². The van der Waals surface area contributed by atoms with Crippen molar-refractivity contribution in [3.63, 3.8) is 0 Å². The van der Waals surface area contributed by atoms with E-state index in [1.807, 2.05) is 35.9 Å². The summed E-state index contributed by atoms with van der Waals surface area (Å²) in [6, 6.07) is 11.1. The fourth-order valence-electron chi connectivity index (χ4n) is 3.63. The van der Waals surface area contributed by atoms with Crippen LogP contribution in [0.2, 0.25) is 0 Å². The molecule has 4 bridgehead atoms. The zero-order valence-electron chi connectivity index (χ0n) is 18.3. The van der Waals surface area contributed by atoms with E-state index in [-0.39, 0.29) is 5.43 Å². The molecule has 0 saturated heterocycles. The molecule has 0 spiro atoms. The van der Waals surface area contributed by atoms with Gasteiger partial charge in [0, 0.05) is 17.8 Å². The maximum Gasteiger partial charge on any atom is 0.197 e. The molecule has 1 aliphatic rings. The third-order valence-corrected chi connectivity index (χ3v) is 5.26. The number of benzene rings is 2. The predicted octanol–water partition coefficient (Wildman–Crippen LogP) is 2.53. The number of rotatable bonds is 0. The summed E-state index contributed by atoms with van der Waals surface area (Å²) in [5.41, 5.74) is 1.64. The van der Waals surface area contributed by atoms with Gasteiger partial charge in [-0.05, 0) is 36.4 Å². The Morgan fingerprint density at radius 1 is 0.594 bits per heavy atom. The van der Waals surface area contributed by atoms with Crippen LogP contribution in [0, 0.1) is 0 Å². The maximum atomic E-state index is 13.2. The predicted molar refractivity (Wildman–Crippen MR) is 121 cm³/mol. The van der Waals surface area contributed by atoms with E-state index in [1.54, 1.807) is 12.1 Å². The molecule has 1 aliphatic heterocycles. The fourth-order valence-corrected chi connectivity index (χ4v) is 3.63. The second kappa shape index (κ2) is 11.3. The molecule has 0 fully saturated rings. The van der Waals surface area contributed by atoms with Crippen LogP contribution in [0.4, 0.5) is 0 Å². The Morgan fingerprint density at radius 2 is 0.969 bits per heavy atom. The van der Waals surface area contributed by atoms with E-state index in [9.17, 15) is 4.79 Å². The summed E-state index contributed by atoms with van der Waals surface area (Å²) in [7, 11) is 1.95. The van der Waals surface area contributed by atoms with Crippen LogP contribution in [0.25, 0.3) is 21.8 Å². The van der Waals surface area contributed by atoms with Crippen molar-refractivity contribution in [3.8, 4) is 11.5 Å². The van der Waals surface area contributed by atoms with Gasteiger partial charge < -0.3 is 33.0 Å². The molecule has 4 rings (SSSR count). The zero-order chi connectivity index (χ0) is 22.2. The summed E-state index contributed by atoms with van der Waals surface area (Å²) in [4.78, 5) is 13.2. The zero-order valence-corrected chi connectivity index (χ0v) is 18.3. The Hall–Kier alpha value is -2.65. The Labute approximate surface area is 186 Å². The van der Waals surface area contributed by atoms with Crippen molar-refractivity contribution in [3.05, 3.63) is 46.6 Å². The standard InChI is InChI=1S/C24H29NO7/c1-25-22-4-2-18-16-20(22)24(26)21-17-19(3-5-23(21)25)32-15-13-30-11-9-28-7-6-27-8-10-29-12-14-31-18/h2-5,16-17H,6-15H2,1H3. The second-order valence-corrected chi connectivity index (χ2v) is 7.39. The summed E-state index contributed by atoms with van der Waals surface area (Å²) in [6.07, 6.45) is 0. The van der Waals surface area contributed by atoms with E-state index in [0.29, 0.717) is 88.3 Å². The maximum absolute atomic E-state index is 13.2. The van der Waals surface area contributed by atoms with Crippen molar-refractivity contribution in [1.29, 1.82) is 0 Å². The van der Waals surface area contributed by atoms with E-state index in [1.165, 1.54) is 0 Å². The molecule has 32 heavy (non-hydrogen) atoms. The Balaban J connectivity index is 1.57. The quantitative estimate of drug-likeness (QED) is 0.494. The first-order valence-electron chi connectivity index (χ1n) is 10.9. The van der Waals surface area contributed by atoms with Crippen LogP contribution in [0.15, 0.2) is 41.2 Å². The van der Waals surface area contributed by atoms with Crippen LogP contribution in [-0.2, 0) is 26.0 Å². The highest BCUT2D eigenvalue weighted by Gasteiger charge is 2.11. The average molecular weight is 443 g/mol. The third kappa shape index (κ3) is 5.58. The van der Waals surface area contributed by atoms with E-state index >= 15 is 0 Å². The Kier molecular flexibility index (Phi) is 7.95. The number of aryl methyl sites for hydroxylation is 1. The smallest absolute Gasteiger partial charge is 0.197 e. The molecule has 2 heterocycles. The van der Waals surface area contributed by atoms with Crippen molar-refractivity contribution < 1.29 is 28.4 Å². The molecule has 1 aromatic heterocycles. The molecular weight excluding hydrogens is 414 g/mol. The molecule has 0 amide bonds. The van der Waals surface area contributed by atoms with Gasteiger partial charge in [-0.25, -0.2) is 0 Å². The summed E-state index contributed by atoms with van der Waals surface area (Å²) < 4.78 is 35.6. The number of pyridine rings is 1. The average Bonchev–Trinajstić information content (AvgIpc) is 2.81. The largest absolute Gasteiger partial charge is 0.491 e. The minimum atomic E-state index is -0.0517. The van der Waals surface area contributed by atoms with Crippen molar-refractivity contribution >= 4 is 21.8 Å². The number of nitrogens with zero attached hydrogens (tertiary/aromatic N) is 1. The van der Waals surface area contributed by atoms with E-state index in [2.05, 4.69) is 0 Å². The lowest BCUT2D eigenvalue weighted by Gasteiger charge is -2.13. The van der Waals surface area contributed by atoms with Gasteiger partial charge in [-0.2, -0.15) is 0 Å². The van der Waals surface area contributed by atoms with Gasteiger partial charge >= 0.3 is 0 Å². The van der Waals surface area contributed by atoms with E-state index in [0.717, 1.165) is 11.0 Å². The molecular formula is C24H29NO7. The minimum Gasteiger partial charge on any atom is -0.491 e. The first-order chi connectivity index (χ1) is 15.7. The molecule has 3 aromatic rings. The second-order valence-electron chi connectivity index (χ2n) is 7.39. The molecule has 172 valence electrons. The van der Waals surface area contributed by atoms with Crippen LogP contribution in [0.1, 0.15) is 0 Å². The van der Waals surface area contributed by atoms with Crippen LogP contribution in [0.5, 0.6) is 11.5 Å². The molecule has 0 atom stereocenters. The molecule has 2 aromatic carbocycles. The topological polar surface area (TPSA) is 77.4 Å². The minimum absolute atomic E-state index is 0.0517. The number of aromatic nitrogens is 1. The van der Waals surface area contributed by atoms with Crippen molar-refractivity contribution in [2.75, 3.05) is 66.1 Å². The summed E-state index contributed by atoms with van der Waals surface area (Å²) in [6.45, 7) is 4.64. The number of hydrogen-bond acceptors (Lipinski definition) is 7. The van der Waals surface area contributed by atoms with E-state index < -0.39 is 0 Å². The molecule has 0 aliphatic carbocycles. The highest BCUT2D eigenvalue weighted by atomic mass is 16.6. The van der Waals surface area contributed by atoms with Gasteiger partial charge in [0.15, 0.2) is 5.43 Å². The van der Waals surface area contributed by atoms with Gasteiger partial charge in [0.05, 0.1) is 63.9 Å². The Bertz CT molecular complexity index is 1010. The van der Waals surface area contributed by atoms with E-state index in [4.69, 9.17) is 28.4 Å². The van der Waals surface area contributed by atoms with Gasteiger partial charge in [0.25, 0.3) is 0 Å². The monoisotopic (exact) mass is 443 g/mol. The van der Waals surface area contributed by atoms with Crippen molar-refractivity contribution in [2.45, 2.75) is 0 Å². The SMILES string of the molecule is Cn1c2ccc3cc2c(=O)c2cc(ccc21)OCCOCCOCCOCCOCCO3. The Morgan fingerprint density at radius 3 is 1.38 bits per heavy atom. The molecule has 8 nitrogen and oxygen atoms in total. The summed E-state index contributed by atoms with van der Waals surface area (Å²) in [5, 5.41) is 1.20. The molecule has 0 unspecified atom stereocenters.